The van der Waals surface area contributed by atoms with E-state index in [0.29, 0.717) is 32.1 Å². The number of carbonyl (C=O) groups excluding carboxylic acids is 4. The smallest absolute Gasteiger partial charge is 0.462 e. The van der Waals surface area contributed by atoms with Crippen LogP contribution in [-0.2, 0) is 65.4 Å². The Labute approximate surface area is 605 Å². The predicted octanol–water partition coefficient (Wildman–Crippen LogP) is 21.9. The second-order valence-corrected chi connectivity index (χ2v) is 27.7. The fraction of sp³-hybridized carbons (Fsp3) is 0.654. The summed E-state index contributed by atoms with van der Waals surface area (Å²) >= 11 is 0. The molecule has 19 heteroatoms. The highest BCUT2D eigenvalue weighted by atomic mass is 31.2. The monoisotopic (exact) mass is 1440 g/mol. The zero-order valence-corrected chi connectivity index (χ0v) is 63.9. The number of phosphoric ester groups is 2. The summed E-state index contributed by atoms with van der Waals surface area (Å²) in [5, 5.41) is 10.6. The number of aliphatic hydroxyl groups is 1. The number of ether oxygens (including phenoxy) is 4. The third-order valence-corrected chi connectivity index (χ3v) is 17.2. The van der Waals surface area contributed by atoms with Gasteiger partial charge in [-0.05, 0) is 128 Å². The highest BCUT2D eigenvalue weighted by molar-refractivity contribution is 7.47. The number of allylic oxidation sites excluding steroid dienone is 24. The van der Waals surface area contributed by atoms with Crippen molar-refractivity contribution in [3.8, 4) is 0 Å². The first-order valence-electron chi connectivity index (χ1n) is 38.1. The minimum absolute atomic E-state index is 0.0337. The average Bonchev–Trinajstić information content (AvgIpc) is 1.02. The summed E-state index contributed by atoms with van der Waals surface area (Å²) in [5.41, 5.74) is 0. The van der Waals surface area contributed by atoms with Gasteiger partial charge < -0.3 is 33.8 Å². The first-order chi connectivity index (χ1) is 48.7. The molecule has 0 aromatic rings. The van der Waals surface area contributed by atoms with E-state index in [1.807, 2.05) is 18.2 Å². The van der Waals surface area contributed by atoms with Gasteiger partial charge in [0.05, 0.1) is 26.4 Å². The molecule has 5 unspecified atom stereocenters. The second kappa shape index (κ2) is 72.3. The number of hydrogen-bond acceptors (Lipinski definition) is 15. The summed E-state index contributed by atoms with van der Waals surface area (Å²) in [5.74, 6) is -2.32. The Kier molecular flexibility index (Phi) is 68.6. The van der Waals surface area contributed by atoms with Crippen LogP contribution >= 0.6 is 15.6 Å². The van der Waals surface area contributed by atoms with Crippen LogP contribution in [0.4, 0.5) is 0 Å². The van der Waals surface area contributed by atoms with Crippen LogP contribution < -0.4 is 0 Å². The first kappa shape index (κ1) is 94.9. The number of aliphatic hydroxyl groups excluding tert-OH is 1. The summed E-state index contributed by atoms with van der Waals surface area (Å²) in [6.07, 6.45) is 81.4. The van der Waals surface area contributed by atoms with Gasteiger partial charge in [0.25, 0.3) is 0 Å². The van der Waals surface area contributed by atoms with E-state index in [4.69, 9.17) is 37.0 Å². The molecule has 100 heavy (non-hydrogen) atoms. The maximum atomic E-state index is 13.1. The van der Waals surface area contributed by atoms with Gasteiger partial charge in [0.2, 0.25) is 0 Å². The minimum atomic E-state index is -4.99. The molecule has 0 aromatic heterocycles. The van der Waals surface area contributed by atoms with Crippen LogP contribution in [0.15, 0.2) is 146 Å². The number of carbonyl (C=O) groups is 4. The Hall–Kier alpha value is -5.06. The van der Waals surface area contributed by atoms with Gasteiger partial charge in [-0.2, -0.15) is 0 Å². The Bertz CT molecular complexity index is 2470. The molecule has 0 aliphatic heterocycles. The Morgan fingerprint density at radius 1 is 0.290 bits per heavy atom. The van der Waals surface area contributed by atoms with Crippen molar-refractivity contribution in [2.75, 3.05) is 39.6 Å². The number of rotatable bonds is 70. The van der Waals surface area contributed by atoms with Crippen LogP contribution in [0.1, 0.15) is 285 Å². The van der Waals surface area contributed by atoms with E-state index in [1.54, 1.807) is 0 Å². The van der Waals surface area contributed by atoms with Gasteiger partial charge >= 0.3 is 39.5 Å². The van der Waals surface area contributed by atoms with Gasteiger partial charge in [0.15, 0.2) is 12.2 Å². The van der Waals surface area contributed by atoms with Crippen molar-refractivity contribution in [3.05, 3.63) is 146 Å². The molecule has 570 valence electrons. The summed E-state index contributed by atoms with van der Waals surface area (Å²) in [7, 11) is -9.98. The van der Waals surface area contributed by atoms with Crippen molar-refractivity contribution >= 4 is 39.5 Å². The standard InChI is InChI=1S/C81H134O17P2/c1-5-9-13-17-21-25-29-32-34-36-37-39-41-44-47-50-54-58-62-66-78(83)91-71-76(97-80(85)67-63-59-55-51-45-28-24-20-16-12-8-4)73-95-99(87,88)93-69-75(82)70-94-100(89,90)96-74-77(98-81(86)68-64-60-56-52-48-42-31-27-23-19-15-11-7-3)72-92-79(84)65-61-57-53-49-46-43-40-38-35-33-30-26-22-18-14-10-6-2/h9-10,13-15,19,21-22,25-27,31-35,37,39-40,43-44,47,54,58,75-77,82H,5-8,11-12,16-18,20,23-24,28-30,36,38,41-42,45-46,48-53,55-57,59-74H2,1-4H3,(H,87,88)(H,89,90)/b13-9-,14-10-,19-15-,25-21-,26-22-,31-27-,34-32-,35-33-,39-37-,43-40-,47-44-,58-54-. The van der Waals surface area contributed by atoms with E-state index in [-0.39, 0.29) is 25.7 Å². The molecule has 0 rings (SSSR count). The Morgan fingerprint density at radius 3 is 0.900 bits per heavy atom. The van der Waals surface area contributed by atoms with Crippen molar-refractivity contribution in [1.29, 1.82) is 0 Å². The van der Waals surface area contributed by atoms with Crippen molar-refractivity contribution in [3.63, 3.8) is 0 Å². The zero-order valence-electron chi connectivity index (χ0n) is 62.1. The summed E-state index contributed by atoms with van der Waals surface area (Å²) in [6, 6.07) is 0. The van der Waals surface area contributed by atoms with E-state index in [1.165, 1.54) is 38.5 Å². The minimum Gasteiger partial charge on any atom is -0.462 e. The molecule has 0 heterocycles. The molecule has 0 fully saturated rings. The quantitative estimate of drug-likeness (QED) is 0.0169. The lowest BCUT2D eigenvalue weighted by Crippen LogP contribution is -2.30. The lowest BCUT2D eigenvalue weighted by molar-refractivity contribution is -0.161. The summed E-state index contributed by atoms with van der Waals surface area (Å²) in [6.45, 7) is 4.43. The fourth-order valence-electron chi connectivity index (χ4n) is 9.57. The van der Waals surface area contributed by atoms with Crippen LogP contribution in [-0.4, -0.2) is 96.7 Å². The highest BCUT2D eigenvalue weighted by Gasteiger charge is 2.30. The third kappa shape index (κ3) is 71.3. The van der Waals surface area contributed by atoms with Crippen molar-refractivity contribution in [2.45, 2.75) is 303 Å². The van der Waals surface area contributed by atoms with E-state index >= 15 is 0 Å². The van der Waals surface area contributed by atoms with E-state index < -0.39 is 97.5 Å². The van der Waals surface area contributed by atoms with Gasteiger partial charge in [-0.15, -0.1) is 0 Å². The molecular formula is C81H134O17P2. The number of unbranched alkanes of at least 4 members (excludes halogenated alkanes) is 20. The van der Waals surface area contributed by atoms with Crippen LogP contribution in [0.3, 0.4) is 0 Å². The maximum absolute atomic E-state index is 13.1. The van der Waals surface area contributed by atoms with Crippen LogP contribution in [0.5, 0.6) is 0 Å². The first-order valence-corrected chi connectivity index (χ1v) is 41.1. The molecule has 3 N–H and O–H groups in total. The van der Waals surface area contributed by atoms with Gasteiger partial charge in [-0.25, -0.2) is 9.13 Å². The molecule has 0 bridgehead atoms. The summed E-state index contributed by atoms with van der Waals surface area (Å²) < 4.78 is 68.3. The Morgan fingerprint density at radius 2 is 0.560 bits per heavy atom. The van der Waals surface area contributed by atoms with Crippen molar-refractivity contribution in [2.24, 2.45) is 0 Å². The van der Waals surface area contributed by atoms with E-state index in [0.717, 1.165) is 161 Å². The number of phosphoric acid groups is 2. The maximum Gasteiger partial charge on any atom is 0.472 e. The van der Waals surface area contributed by atoms with Crippen LogP contribution in [0.2, 0.25) is 0 Å². The lowest BCUT2D eigenvalue weighted by Gasteiger charge is -2.21. The largest absolute Gasteiger partial charge is 0.472 e. The highest BCUT2D eigenvalue weighted by Crippen LogP contribution is 2.45. The van der Waals surface area contributed by atoms with Gasteiger partial charge in [-0.1, -0.05) is 276 Å². The fourth-order valence-corrected chi connectivity index (χ4v) is 11.1. The number of hydrogen-bond donors (Lipinski definition) is 3. The van der Waals surface area contributed by atoms with Crippen molar-refractivity contribution < 1.29 is 80.2 Å². The van der Waals surface area contributed by atoms with Crippen LogP contribution in [0, 0.1) is 0 Å². The molecule has 0 spiro atoms. The van der Waals surface area contributed by atoms with Crippen molar-refractivity contribution in [1.82, 2.24) is 0 Å². The molecule has 5 atom stereocenters. The summed E-state index contributed by atoms with van der Waals surface area (Å²) in [4.78, 5) is 72.8. The lowest BCUT2D eigenvalue weighted by atomic mass is 10.1. The molecule has 0 aliphatic carbocycles. The molecule has 0 saturated carbocycles. The van der Waals surface area contributed by atoms with Gasteiger partial charge in [-0.3, -0.25) is 37.3 Å². The molecule has 17 nitrogen and oxygen atoms in total. The second-order valence-electron chi connectivity index (χ2n) is 24.8. The molecule has 0 saturated heterocycles. The van der Waals surface area contributed by atoms with Gasteiger partial charge in [0.1, 0.15) is 19.3 Å². The van der Waals surface area contributed by atoms with Gasteiger partial charge in [0, 0.05) is 25.7 Å². The SMILES string of the molecule is CC/C=C\C/C=C\C/C=C\C/C=C\C/C=C\C/C=C\CCC(=O)OCC(COP(=O)(O)OCC(O)COP(=O)(O)OCC(COC(=O)CCCCCC/C=C\C/C=C\C/C=C\C/C=C\CC)OC(=O)CCCCCCC/C=C\C/C=C\CCC)OC(=O)CCCCCCCCCCCCC. The zero-order chi connectivity index (χ0) is 73.2. The van der Waals surface area contributed by atoms with E-state index in [9.17, 15) is 43.2 Å². The average molecular weight is 1440 g/mol. The topological polar surface area (TPSA) is 237 Å². The molecule has 0 amide bonds. The molecular weight excluding hydrogens is 1310 g/mol. The molecule has 0 aromatic carbocycles. The van der Waals surface area contributed by atoms with E-state index in [2.05, 4.69) is 155 Å². The normalized spacial score (nSPS) is 14.8. The third-order valence-electron chi connectivity index (χ3n) is 15.3. The number of esters is 4. The molecule has 0 aliphatic rings. The molecule has 0 radical (unpaired) electrons. The predicted molar refractivity (Wildman–Crippen MR) is 408 cm³/mol. The Balaban J connectivity index is 5.40. The van der Waals surface area contributed by atoms with Crippen LogP contribution in [0.25, 0.3) is 0 Å².